The molecule has 29 heavy (non-hydrogen) atoms. The Morgan fingerprint density at radius 3 is 2.72 bits per heavy atom. The molecule has 2 aromatic carbocycles. The predicted octanol–water partition coefficient (Wildman–Crippen LogP) is 1.45. The molecule has 3 heterocycles. The molecule has 5 rings (SSSR count). The summed E-state index contributed by atoms with van der Waals surface area (Å²) in [6, 6.07) is 14.5. The largest absolute Gasteiger partial charge is 0.454 e. The molecule has 0 aliphatic carbocycles. The van der Waals surface area contributed by atoms with Gasteiger partial charge in [-0.15, -0.1) is 0 Å². The summed E-state index contributed by atoms with van der Waals surface area (Å²) in [4.78, 5) is 28.2. The second kappa shape index (κ2) is 7.06. The number of rotatable bonds is 3. The summed E-state index contributed by atoms with van der Waals surface area (Å²) in [5, 5.41) is 4.55. The van der Waals surface area contributed by atoms with Crippen LogP contribution in [0.3, 0.4) is 0 Å². The normalized spacial score (nSPS) is 25.8. The molecule has 150 valence electrons. The molecule has 0 aromatic heterocycles. The summed E-state index contributed by atoms with van der Waals surface area (Å²) in [6.45, 7) is 1.37. The van der Waals surface area contributed by atoms with Crippen LogP contribution >= 0.6 is 0 Å². The number of likely N-dealkylation sites (tertiary alicyclic amines) is 1. The number of carbonyl (C=O) groups excluding carboxylic acids is 2. The Balaban J connectivity index is 1.36. The van der Waals surface area contributed by atoms with Crippen molar-refractivity contribution in [3.63, 3.8) is 0 Å². The lowest BCUT2D eigenvalue weighted by Gasteiger charge is -2.36. The van der Waals surface area contributed by atoms with Gasteiger partial charge in [0.2, 0.25) is 18.6 Å². The number of benzene rings is 2. The Bertz CT molecular complexity index is 951. The van der Waals surface area contributed by atoms with Crippen LogP contribution in [0, 0.1) is 11.8 Å². The maximum atomic E-state index is 13.1. The first-order chi connectivity index (χ1) is 14.1. The fourth-order valence-corrected chi connectivity index (χ4v) is 4.28. The third kappa shape index (κ3) is 3.20. The monoisotopic (exact) mass is 394 g/mol. The molecular weight excluding hydrogens is 372 g/mol. The average Bonchev–Trinajstić information content (AvgIpc) is 3.32. The molecule has 2 amide bonds. The summed E-state index contributed by atoms with van der Waals surface area (Å²) < 4.78 is 10.7. The highest BCUT2D eigenvalue weighted by Gasteiger charge is 2.50. The third-order valence-electron chi connectivity index (χ3n) is 5.69. The van der Waals surface area contributed by atoms with Crippen molar-refractivity contribution in [3.05, 3.63) is 48.5 Å². The van der Waals surface area contributed by atoms with E-state index in [0.29, 0.717) is 30.3 Å². The standard InChI is InChI=1S/C21H22N4O4/c1-24-10-15(20(26)22-13-7-8-17-18(9-13)29-12-28-17)19-16(11-24)21(27)25(23-19)14-5-3-2-4-6-14/h2-9,15-16,19,23H,10-12H2,1H3,(H,22,26). The highest BCUT2D eigenvalue weighted by atomic mass is 16.7. The van der Waals surface area contributed by atoms with E-state index in [1.54, 1.807) is 23.2 Å². The van der Waals surface area contributed by atoms with E-state index in [1.807, 2.05) is 42.3 Å². The average molecular weight is 394 g/mol. The van der Waals surface area contributed by atoms with E-state index in [4.69, 9.17) is 9.47 Å². The van der Waals surface area contributed by atoms with Crippen LogP contribution in [0.2, 0.25) is 0 Å². The van der Waals surface area contributed by atoms with Crippen LogP contribution < -0.4 is 25.2 Å². The lowest BCUT2D eigenvalue weighted by atomic mass is 9.84. The van der Waals surface area contributed by atoms with Crippen LogP contribution in [0.4, 0.5) is 11.4 Å². The first-order valence-electron chi connectivity index (χ1n) is 9.64. The van der Waals surface area contributed by atoms with E-state index < -0.39 is 0 Å². The van der Waals surface area contributed by atoms with Crippen molar-refractivity contribution in [1.29, 1.82) is 0 Å². The van der Waals surface area contributed by atoms with Crippen LogP contribution in [-0.2, 0) is 9.59 Å². The molecule has 2 saturated heterocycles. The summed E-state index contributed by atoms with van der Waals surface area (Å²) in [7, 11) is 1.94. The number of hydrazine groups is 1. The molecule has 3 aliphatic rings. The summed E-state index contributed by atoms with van der Waals surface area (Å²) >= 11 is 0. The molecule has 3 unspecified atom stereocenters. The van der Waals surface area contributed by atoms with Crippen molar-refractivity contribution in [2.75, 3.05) is 37.3 Å². The lowest BCUT2D eigenvalue weighted by Crippen LogP contribution is -2.55. The number of nitrogens with zero attached hydrogens (tertiary/aromatic N) is 2. The molecule has 0 spiro atoms. The second-order valence-corrected chi connectivity index (χ2v) is 7.66. The van der Waals surface area contributed by atoms with Crippen LogP contribution in [0.25, 0.3) is 0 Å². The van der Waals surface area contributed by atoms with Gasteiger partial charge in [0.15, 0.2) is 11.5 Å². The van der Waals surface area contributed by atoms with E-state index in [0.717, 1.165) is 5.69 Å². The topological polar surface area (TPSA) is 83.1 Å². The number of anilines is 2. The van der Waals surface area contributed by atoms with E-state index in [1.165, 1.54) is 0 Å². The maximum Gasteiger partial charge on any atom is 0.247 e. The Morgan fingerprint density at radius 1 is 1.10 bits per heavy atom. The molecular formula is C21H22N4O4. The van der Waals surface area contributed by atoms with Gasteiger partial charge in [-0.25, -0.2) is 10.4 Å². The van der Waals surface area contributed by atoms with Gasteiger partial charge in [-0.05, 0) is 31.3 Å². The quantitative estimate of drug-likeness (QED) is 0.820. The van der Waals surface area contributed by atoms with E-state index in [-0.39, 0.29) is 36.5 Å². The maximum absolute atomic E-state index is 13.1. The van der Waals surface area contributed by atoms with Crippen LogP contribution in [0.15, 0.2) is 48.5 Å². The molecule has 8 nitrogen and oxygen atoms in total. The summed E-state index contributed by atoms with van der Waals surface area (Å²) in [5.74, 6) is 0.505. The smallest absolute Gasteiger partial charge is 0.247 e. The molecule has 3 aliphatic heterocycles. The van der Waals surface area contributed by atoms with Crippen molar-refractivity contribution in [2.45, 2.75) is 6.04 Å². The second-order valence-electron chi connectivity index (χ2n) is 7.66. The number of hydrogen-bond acceptors (Lipinski definition) is 6. The molecule has 0 bridgehead atoms. The van der Waals surface area contributed by atoms with Crippen LogP contribution in [-0.4, -0.2) is 49.7 Å². The number of nitrogens with one attached hydrogen (secondary N) is 2. The first kappa shape index (κ1) is 18.0. The number of amides is 2. The van der Waals surface area contributed by atoms with E-state index in [9.17, 15) is 9.59 Å². The fourth-order valence-electron chi connectivity index (χ4n) is 4.28. The SMILES string of the molecule is CN1CC(C(=O)Nc2ccc3c(c2)OCO3)C2NN(c3ccccc3)C(=O)C2C1. The van der Waals surface area contributed by atoms with Gasteiger partial charge >= 0.3 is 0 Å². The van der Waals surface area contributed by atoms with Crippen molar-refractivity contribution in [1.82, 2.24) is 10.3 Å². The predicted molar refractivity (Wildman–Crippen MR) is 107 cm³/mol. The van der Waals surface area contributed by atoms with Crippen molar-refractivity contribution in [2.24, 2.45) is 11.8 Å². The molecule has 3 atom stereocenters. The number of piperidine rings is 1. The van der Waals surface area contributed by atoms with E-state index in [2.05, 4.69) is 10.7 Å². The molecule has 2 fully saturated rings. The van der Waals surface area contributed by atoms with Gasteiger partial charge in [0.05, 0.1) is 23.6 Å². The summed E-state index contributed by atoms with van der Waals surface area (Å²) in [6.07, 6.45) is 0. The molecule has 0 saturated carbocycles. The first-order valence-corrected chi connectivity index (χ1v) is 9.64. The zero-order valence-corrected chi connectivity index (χ0v) is 16.0. The van der Waals surface area contributed by atoms with Crippen molar-refractivity contribution in [3.8, 4) is 11.5 Å². The van der Waals surface area contributed by atoms with Gasteiger partial charge in [-0.2, -0.15) is 0 Å². The Labute approximate surface area is 168 Å². The van der Waals surface area contributed by atoms with Crippen LogP contribution in [0.5, 0.6) is 11.5 Å². The molecule has 0 radical (unpaired) electrons. The number of carbonyl (C=O) groups is 2. The number of ether oxygens (including phenoxy) is 2. The molecule has 2 aromatic rings. The molecule has 8 heteroatoms. The fraction of sp³-hybridized carbons (Fsp3) is 0.333. The number of para-hydroxylation sites is 1. The third-order valence-corrected chi connectivity index (χ3v) is 5.69. The van der Waals surface area contributed by atoms with Gasteiger partial charge < -0.3 is 19.7 Å². The zero-order valence-electron chi connectivity index (χ0n) is 16.0. The van der Waals surface area contributed by atoms with Gasteiger partial charge in [-0.3, -0.25) is 9.59 Å². The van der Waals surface area contributed by atoms with E-state index >= 15 is 0 Å². The van der Waals surface area contributed by atoms with Crippen molar-refractivity contribution >= 4 is 23.2 Å². The minimum atomic E-state index is -0.373. The minimum Gasteiger partial charge on any atom is -0.454 e. The highest BCUT2D eigenvalue weighted by molar-refractivity contribution is 6.00. The Morgan fingerprint density at radius 2 is 1.90 bits per heavy atom. The zero-order chi connectivity index (χ0) is 20.0. The lowest BCUT2D eigenvalue weighted by molar-refractivity contribution is -0.125. The van der Waals surface area contributed by atoms with Gasteiger partial charge in [0, 0.05) is 24.8 Å². The minimum absolute atomic E-state index is 0.00590. The van der Waals surface area contributed by atoms with Gasteiger partial charge in [0.25, 0.3) is 0 Å². The molecule has 2 N–H and O–H groups in total. The number of hydrogen-bond donors (Lipinski definition) is 2. The summed E-state index contributed by atoms with van der Waals surface area (Å²) in [5.41, 5.74) is 4.72. The van der Waals surface area contributed by atoms with Gasteiger partial charge in [-0.1, -0.05) is 18.2 Å². The number of fused-ring (bicyclic) bond motifs is 2. The van der Waals surface area contributed by atoms with Gasteiger partial charge in [0.1, 0.15) is 0 Å². The van der Waals surface area contributed by atoms with Crippen LogP contribution in [0.1, 0.15) is 0 Å². The van der Waals surface area contributed by atoms with Crippen molar-refractivity contribution < 1.29 is 19.1 Å². The Hall–Kier alpha value is -3.10. The highest BCUT2D eigenvalue weighted by Crippen LogP contribution is 2.35. The Kier molecular flexibility index (Phi) is 4.37.